The van der Waals surface area contributed by atoms with E-state index in [2.05, 4.69) is 21.7 Å². The van der Waals surface area contributed by atoms with Gasteiger partial charge >= 0.3 is 0 Å². The number of nitrogens with zero attached hydrogens (tertiary/aromatic N) is 5. The zero-order valence-electron chi connectivity index (χ0n) is 39.2. The number of benzene rings is 4. The smallest absolute Gasteiger partial charge is 0.259 e. The first kappa shape index (κ1) is 49.0. The van der Waals surface area contributed by atoms with Crippen LogP contribution >= 0.6 is 12.2 Å². The number of aliphatic hydroxyl groups excluding tert-OH is 1. The van der Waals surface area contributed by atoms with E-state index in [-0.39, 0.29) is 37.9 Å². The van der Waals surface area contributed by atoms with Gasteiger partial charge in [0, 0.05) is 37.4 Å². The number of hydrogen-bond donors (Lipinski definition) is 3. The van der Waals surface area contributed by atoms with Crippen LogP contribution in [0.25, 0.3) is 22.5 Å². The number of aliphatic hydroxyl groups is 1. The second-order valence-corrected chi connectivity index (χ2v) is 19.0. The summed E-state index contributed by atoms with van der Waals surface area (Å²) in [5.74, 6) is -0.105. The Morgan fingerprint density at radius 1 is 0.956 bits per heavy atom. The van der Waals surface area contributed by atoms with Gasteiger partial charge in [0.2, 0.25) is 17.7 Å². The number of carbonyl (C=O) groups excluding carboxylic acids is 4. The molecule has 2 saturated heterocycles. The molecule has 1 aromatic heterocycles. The molecule has 7 rings (SSSR count). The standard InChI is InChI=1S/C52H57N7O8S/c1-33-25-40(20-15-38(33)27-53)58-49(64)52(5,6)59(50(58)68)39-18-13-35(14-19-39)36-16-21-42(22-17-36)66-24-8-7-23-65-31-45(61)56-46(51(2,3)4)48(63)57-30-41(60)26-43(57)47(62)55-28-34-9-11-37(12-10-34)44-29-54-32-67-44/h9-22,25,29,32,41,43,46,60H,7-8,23-24,26,28,30-31H2,1-6H3,(H,55,62)(H,56,61)/t41-,43+,46?/m1/s1. The van der Waals surface area contributed by atoms with Gasteiger partial charge in [0.25, 0.3) is 5.91 Å². The molecular formula is C52H57N7O8S. The van der Waals surface area contributed by atoms with E-state index in [4.69, 9.17) is 26.1 Å². The number of aryl methyl sites for hydroxylation is 1. The number of amides is 4. The maximum atomic E-state index is 14.0. The number of anilines is 2. The first-order valence-corrected chi connectivity index (χ1v) is 23.0. The summed E-state index contributed by atoms with van der Waals surface area (Å²) in [5, 5.41) is 26.0. The molecule has 3 N–H and O–H groups in total. The molecule has 0 bridgehead atoms. The molecular weight excluding hydrogens is 883 g/mol. The molecule has 4 aromatic carbocycles. The third-order valence-electron chi connectivity index (χ3n) is 12.2. The van der Waals surface area contributed by atoms with Gasteiger partial charge in [-0.2, -0.15) is 5.26 Å². The highest BCUT2D eigenvalue weighted by Gasteiger charge is 2.50. The van der Waals surface area contributed by atoms with E-state index >= 15 is 0 Å². The van der Waals surface area contributed by atoms with Crippen molar-refractivity contribution in [1.29, 1.82) is 5.26 Å². The van der Waals surface area contributed by atoms with Gasteiger partial charge in [-0.3, -0.25) is 24.1 Å². The van der Waals surface area contributed by atoms with Crippen LogP contribution < -0.4 is 25.2 Å². The topological polar surface area (TPSA) is 191 Å². The maximum absolute atomic E-state index is 14.0. The highest BCUT2D eigenvalue weighted by molar-refractivity contribution is 7.81. The van der Waals surface area contributed by atoms with E-state index < -0.39 is 41.0 Å². The first-order valence-electron chi connectivity index (χ1n) is 22.6. The number of ether oxygens (including phenoxy) is 2. The van der Waals surface area contributed by atoms with Gasteiger partial charge in [-0.1, -0.05) is 69.3 Å². The molecule has 0 radical (unpaired) electrons. The maximum Gasteiger partial charge on any atom is 0.259 e. The molecule has 68 heavy (non-hydrogen) atoms. The number of thiocarbonyl (C=S) groups is 1. The van der Waals surface area contributed by atoms with Gasteiger partial charge in [0.05, 0.1) is 36.2 Å². The van der Waals surface area contributed by atoms with Crippen LogP contribution in [0, 0.1) is 23.7 Å². The second-order valence-electron chi connectivity index (χ2n) is 18.7. The number of nitrogens with one attached hydrogen (secondary N) is 2. The largest absolute Gasteiger partial charge is 0.494 e. The Labute approximate surface area is 402 Å². The second kappa shape index (κ2) is 20.9. The zero-order valence-corrected chi connectivity index (χ0v) is 40.0. The third-order valence-corrected chi connectivity index (χ3v) is 12.5. The fourth-order valence-corrected chi connectivity index (χ4v) is 8.87. The molecule has 2 aliphatic rings. The Bertz CT molecular complexity index is 2660. The van der Waals surface area contributed by atoms with Gasteiger partial charge in [0.1, 0.15) is 30.0 Å². The highest BCUT2D eigenvalue weighted by Crippen LogP contribution is 2.38. The van der Waals surface area contributed by atoms with Crippen molar-refractivity contribution in [3.05, 3.63) is 120 Å². The molecule has 3 heterocycles. The molecule has 1 unspecified atom stereocenters. The Hall–Kier alpha value is -6.93. The summed E-state index contributed by atoms with van der Waals surface area (Å²) in [6.07, 6.45) is 3.50. The van der Waals surface area contributed by atoms with Gasteiger partial charge < -0.3 is 39.4 Å². The number of hydrogen-bond acceptors (Lipinski definition) is 11. The Balaban J connectivity index is 0.831. The molecule has 5 aromatic rings. The summed E-state index contributed by atoms with van der Waals surface area (Å²) in [5.41, 5.74) is 4.76. The molecule has 2 fully saturated rings. The van der Waals surface area contributed by atoms with Crippen molar-refractivity contribution in [2.75, 3.05) is 36.2 Å². The van der Waals surface area contributed by atoms with Gasteiger partial charge in [-0.05, 0) is 116 Å². The zero-order chi connectivity index (χ0) is 48.8. The minimum atomic E-state index is -0.965. The van der Waals surface area contributed by atoms with Gasteiger partial charge in [0.15, 0.2) is 17.3 Å². The Kier molecular flexibility index (Phi) is 15.1. The van der Waals surface area contributed by atoms with E-state index in [1.54, 1.807) is 18.3 Å². The molecule has 2 aliphatic heterocycles. The van der Waals surface area contributed by atoms with Gasteiger partial charge in [-0.15, -0.1) is 0 Å². The molecule has 15 nitrogen and oxygen atoms in total. The molecule has 0 spiro atoms. The minimum Gasteiger partial charge on any atom is -0.494 e. The van der Waals surface area contributed by atoms with Crippen LogP contribution in [0.4, 0.5) is 11.4 Å². The van der Waals surface area contributed by atoms with Crippen molar-refractivity contribution in [2.24, 2.45) is 5.41 Å². The number of aromatic nitrogens is 1. The fraction of sp³-hybridized carbons (Fsp3) is 0.365. The van der Waals surface area contributed by atoms with Gasteiger partial charge in [-0.25, -0.2) is 4.98 Å². The van der Waals surface area contributed by atoms with Crippen molar-refractivity contribution in [1.82, 2.24) is 20.5 Å². The van der Waals surface area contributed by atoms with Crippen LogP contribution in [0.1, 0.15) is 70.6 Å². The number of rotatable bonds is 17. The lowest BCUT2D eigenvalue weighted by molar-refractivity contribution is -0.144. The van der Waals surface area contributed by atoms with Crippen LogP contribution in [-0.2, 0) is 30.5 Å². The SMILES string of the molecule is Cc1cc(N2C(=O)C(C)(C)N(c3ccc(-c4ccc(OCCCCOCC(=O)NC(C(=O)N5C[C@H](O)C[C@H]5C(=O)NCc5ccc(-c6cnco6)cc5)C(C)(C)C)cc4)cc3)C2=S)ccc1C#N. The third kappa shape index (κ3) is 11.1. The molecule has 16 heteroatoms. The van der Waals surface area contributed by atoms with Crippen molar-refractivity contribution < 1.29 is 38.2 Å². The summed E-state index contributed by atoms with van der Waals surface area (Å²) < 4.78 is 17.0. The highest BCUT2D eigenvalue weighted by atomic mass is 32.1. The molecule has 3 atom stereocenters. The first-order chi connectivity index (χ1) is 32.5. The summed E-state index contributed by atoms with van der Waals surface area (Å²) in [6.45, 7) is 11.7. The Morgan fingerprint density at radius 2 is 1.60 bits per heavy atom. The van der Waals surface area contributed by atoms with Crippen molar-refractivity contribution >= 4 is 52.3 Å². The number of β-amino-alcohol motifs (C(OH)–C–C–N with tert-alkyl or cyclic N) is 1. The van der Waals surface area contributed by atoms with Crippen LogP contribution in [0.5, 0.6) is 5.75 Å². The summed E-state index contributed by atoms with van der Waals surface area (Å²) in [6, 6.07) is 28.7. The predicted octanol–water partition coefficient (Wildman–Crippen LogP) is 7.09. The summed E-state index contributed by atoms with van der Waals surface area (Å²) in [7, 11) is 0. The number of likely N-dealkylation sites (tertiary alicyclic amines) is 1. The van der Waals surface area contributed by atoms with Crippen LogP contribution in [0.2, 0.25) is 0 Å². The summed E-state index contributed by atoms with van der Waals surface area (Å²) in [4.78, 5) is 62.8. The lowest BCUT2D eigenvalue weighted by atomic mass is 9.85. The van der Waals surface area contributed by atoms with E-state index in [9.17, 15) is 29.5 Å². The Morgan fingerprint density at radius 3 is 2.24 bits per heavy atom. The minimum absolute atomic E-state index is 0.0243. The van der Waals surface area contributed by atoms with Crippen molar-refractivity contribution in [3.8, 4) is 34.3 Å². The normalized spacial score (nSPS) is 17.2. The summed E-state index contributed by atoms with van der Waals surface area (Å²) >= 11 is 5.86. The number of carbonyl (C=O) groups is 4. The molecule has 0 aliphatic carbocycles. The molecule has 0 saturated carbocycles. The van der Waals surface area contributed by atoms with Crippen LogP contribution in [0.3, 0.4) is 0 Å². The number of unbranched alkanes of at least 4 members (excludes halogenated alkanes) is 1. The lowest BCUT2D eigenvalue weighted by Gasteiger charge is -2.35. The quantitative estimate of drug-likeness (QED) is 0.0635. The number of oxazole rings is 1. The van der Waals surface area contributed by atoms with Crippen molar-refractivity contribution in [2.45, 2.75) is 91.1 Å². The van der Waals surface area contributed by atoms with Crippen LogP contribution in [0.15, 0.2) is 108 Å². The van der Waals surface area contributed by atoms with E-state index in [1.807, 2.05) is 125 Å². The average Bonchev–Trinajstić information content (AvgIpc) is 4.04. The van der Waals surface area contributed by atoms with Crippen molar-refractivity contribution in [3.63, 3.8) is 0 Å². The lowest BCUT2D eigenvalue weighted by Crippen LogP contribution is -2.58. The molecule has 354 valence electrons. The van der Waals surface area contributed by atoms with E-state index in [0.29, 0.717) is 53.9 Å². The van der Waals surface area contributed by atoms with E-state index in [1.165, 1.54) is 16.2 Å². The van der Waals surface area contributed by atoms with Crippen LogP contribution in [-0.4, -0.2) is 93.8 Å². The average molecular weight is 940 g/mol. The monoisotopic (exact) mass is 939 g/mol. The fourth-order valence-electron chi connectivity index (χ4n) is 8.35. The molecule has 4 amide bonds. The van der Waals surface area contributed by atoms with E-state index in [0.717, 1.165) is 33.5 Å². The predicted molar refractivity (Wildman–Crippen MR) is 261 cm³/mol. The number of nitriles is 1.